The van der Waals surface area contributed by atoms with E-state index in [1.54, 1.807) is 6.07 Å². The summed E-state index contributed by atoms with van der Waals surface area (Å²) in [5.41, 5.74) is 2.11. The maximum Gasteiger partial charge on any atom is 0.271 e. The minimum absolute atomic E-state index is 0.0203. The summed E-state index contributed by atoms with van der Waals surface area (Å²) in [5, 5.41) is 10.5. The summed E-state index contributed by atoms with van der Waals surface area (Å²) in [5.74, 6) is -0.590. The first-order valence-electron chi connectivity index (χ1n) is 7.76. The largest absolute Gasteiger partial charge is 0.350 e. The molecule has 0 aliphatic heterocycles. The van der Waals surface area contributed by atoms with Gasteiger partial charge in [-0.1, -0.05) is 18.2 Å². The average Bonchev–Trinajstić information content (AvgIpc) is 3.23. The van der Waals surface area contributed by atoms with Crippen LogP contribution in [0.15, 0.2) is 42.6 Å². The molecule has 0 saturated carbocycles. The minimum atomic E-state index is -3.34. The van der Waals surface area contributed by atoms with Gasteiger partial charge in [0.2, 0.25) is 10.0 Å². The second kappa shape index (κ2) is 7.08. The van der Waals surface area contributed by atoms with Crippen LogP contribution in [0.2, 0.25) is 0 Å². The van der Waals surface area contributed by atoms with Gasteiger partial charge in [-0.25, -0.2) is 13.1 Å². The molecule has 0 unspecified atom stereocenters. The van der Waals surface area contributed by atoms with Crippen LogP contribution >= 0.6 is 0 Å². The fraction of sp³-hybridized carbons (Fsp3) is 0.250. The van der Waals surface area contributed by atoms with Gasteiger partial charge in [0, 0.05) is 18.3 Å². The van der Waals surface area contributed by atoms with Crippen molar-refractivity contribution >= 4 is 26.8 Å². The van der Waals surface area contributed by atoms with Crippen molar-refractivity contribution in [3.8, 4) is 0 Å². The Bertz CT molecular complexity index is 990. The van der Waals surface area contributed by atoms with E-state index in [0.717, 1.165) is 16.6 Å². The predicted octanol–water partition coefficient (Wildman–Crippen LogP) is 0.692. The Morgan fingerprint density at radius 1 is 1.28 bits per heavy atom. The molecule has 0 aliphatic carbocycles. The highest BCUT2D eigenvalue weighted by molar-refractivity contribution is 7.89. The molecular formula is C16H19N5O3S. The third-order valence-corrected chi connectivity index (χ3v) is 5.22. The Kier molecular flexibility index (Phi) is 4.86. The summed E-state index contributed by atoms with van der Waals surface area (Å²) >= 11 is 0. The number of nitrogens with one attached hydrogen (secondary N) is 3. The van der Waals surface area contributed by atoms with Crippen LogP contribution in [0, 0.1) is 0 Å². The molecule has 0 spiro atoms. The molecule has 1 amide bonds. The van der Waals surface area contributed by atoms with Crippen molar-refractivity contribution in [3.63, 3.8) is 0 Å². The molecule has 9 heteroatoms. The number of carbonyl (C=O) groups is 1. The number of amides is 1. The molecule has 25 heavy (non-hydrogen) atoms. The number of fused-ring (bicyclic) bond motifs is 1. The maximum absolute atomic E-state index is 12.0. The topological polar surface area (TPSA) is 109 Å². The van der Waals surface area contributed by atoms with Crippen molar-refractivity contribution in [2.45, 2.75) is 6.54 Å². The Morgan fingerprint density at radius 3 is 2.88 bits per heavy atom. The standard InChI is InChI=1S/C16H19N5O3S/c1-17-25(23,24)9-7-18-16(22)14-10-13(19-20-14)11-21-8-6-12-4-2-3-5-15(12)21/h2-6,8,10,17H,7,9,11H2,1H3,(H,18,22)(H,19,20). The lowest BCUT2D eigenvalue weighted by Gasteiger charge is -2.03. The molecule has 3 rings (SSSR count). The molecule has 0 radical (unpaired) electrons. The van der Waals surface area contributed by atoms with Gasteiger partial charge >= 0.3 is 0 Å². The van der Waals surface area contributed by atoms with E-state index in [-0.39, 0.29) is 18.0 Å². The quantitative estimate of drug-likeness (QED) is 0.575. The number of rotatable bonds is 7. The van der Waals surface area contributed by atoms with Gasteiger partial charge in [-0.3, -0.25) is 9.89 Å². The molecule has 132 valence electrons. The van der Waals surface area contributed by atoms with E-state index in [9.17, 15) is 13.2 Å². The van der Waals surface area contributed by atoms with Crippen LogP contribution in [0.5, 0.6) is 0 Å². The molecule has 2 heterocycles. The molecule has 0 atom stereocenters. The first-order chi connectivity index (χ1) is 12.0. The van der Waals surface area contributed by atoms with Crippen LogP contribution in [0.1, 0.15) is 16.2 Å². The summed E-state index contributed by atoms with van der Waals surface area (Å²) < 4.78 is 26.9. The Hall–Kier alpha value is -2.65. The number of para-hydroxylation sites is 1. The highest BCUT2D eigenvalue weighted by Gasteiger charge is 2.13. The van der Waals surface area contributed by atoms with Crippen molar-refractivity contribution in [2.24, 2.45) is 0 Å². The van der Waals surface area contributed by atoms with Gasteiger partial charge in [0.1, 0.15) is 5.69 Å². The molecule has 0 bridgehead atoms. The highest BCUT2D eigenvalue weighted by atomic mass is 32.2. The zero-order valence-electron chi connectivity index (χ0n) is 13.7. The van der Waals surface area contributed by atoms with E-state index in [4.69, 9.17) is 0 Å². The zero-order chi connectivity index (χ0) is 17.9. The number of benzene rings is 1. The third-order valence-electron chi connectivity index (χ3n) is 3.85. The van der Waals surface area contributed by atoms with Crippen molar-refractivity contribution < 1.29 is 13.2 Å². The molecule has 8 nitrogen and oxygen atoms in total. The fourth-order valence-corrected chi connectivity index (χ4v) is 3.09. The summed E-state index contributed by atoms with van der Waals surface area (Å²) in [4.78, 5) is 12.0. The van der Waals surface area contributed by atoms with Gasteiger partial charge in [0.15, 0.2) is 0 Å². The molecule has 3 aromatic rings. The summed E-state index contributed by atoms with van der Waals surface area (Å²) in [6.07, 6.45) is 1.98. The number of carbonyl (C=O) groups excluding carboxylic acids is 1. The van der Waals surface area contributed by atoms with Crippen LogP contribution in [0.3, 0.4) is 0 Å². The first kappa shape index (κ1) is 17.2. The average molecular weight is 361 g/mol. The van der Waals surface area contributed by atoms with Crippen LogP contribution in [0.25, 0.3) is 10.9 Å². The van der Waals surface area contributed by atoms with Crippen molar-refractivity contribution in [2.75, 3.05) is 19.3 Å². The lowest BCUT2D eigenvalue weighted by atomic mass is 10.2. The zero-order valence-corrected chi connectivity index (χ0v) is 14.5. The molecule has 3 N–H and O–H groups in total. The second-order valence-corrected chi connectivity index (χ2v) is 7.61. The number of nitrogens with zero attached hydrogens (tertiary/aromatic N) is 2. The van der Waals surface area contributed by atoms with E-state index in [2.05, 4.69) is 24.8 Å². The first-order valence-corrected chi connectivity index (χ1v) is 9.41. The normalized spacial score (nSPS) is 11.7. The maximum atomic E-state index is 12.0. The Balaban J connectivity index is 1.63. The smallest absolute Gasteiger partial charge is 0.271 e. The number of hydrogen-bond acceptors (Lipinski definition) is 4. The van der Waals surface area contributed by atoms with Gasteiger partial charge < -0.3 is 9.88 Å². The molecule has 0 fully saturated rings. The number of sulfonamides is 1. The van der Waals surface area contributed by atoms with E-state index in [1.165, 1.54) is 7.05 Å². The number of H-pyrrole nitrogens is 1. The van der Waals surface area contributed by atoms with Crippen molar-refractivity contribution in [1.29, 1.82) is 0 Å². The SMILES string of the molecule is CNS(=O)(=O)CCNC(=O)c1cc(Cn2ccc3ccccc32)[nH]n1. The monoisotopic (exact) mass is 361 g/mol. The lowest BCUT2D eigenvalue weighted by molar-refractivity contribution is 0.0951. The predicted molar refractivity (Wildman–Crippen MR) is 94.8 cm³/mol. The van der Waals surface area contributed by atoms with Crippen LogP contribution in [0.4, 0.5) is 0 Å². The van der Waals surface area contributed by atoms with Gasteiger partial charge in [-0.2, -0.15) is 5.10 Å². The molecule has 0 saturated heterocycles. The van der Waals surface area contributed by atoms with Gasteiger partial charge in [-0.15, -0.1) is 0 Å². The lowest BCUT2D eigenvalue weighted by Crippen LogP contribution is -2.33. The summed E-state index contributed by atoms with van der Waals surface area (Å²) in [6, 6.07) is 11.7. The second-order valence-electron chi connectivity index (χ2n) is 5.56. The number of hydrogen-bond donors (Lipinski definition) is 3. The van der Waals surface area contributed by atoms with Crippen molar-refractivity contribution in [3.05, 3.63) is 54.0 Å². The number of aromatic nitrogens is 3. The fourth-order valence-electron chi connectivity index (χ4n) is 2.51. The minimum Gasteiger partial charge on any atom is -0.350 e. The Morgan fingerprint density at radius 2 is 2.08 bits per heavy atom. The van der Waals surface area contributed by atoms with E-state index in [1.807, 2.05) is 36.5 Å². The third kappa shape index (κ3) is 4.06. The van der Waals surface area contributed by atoms with Crippen LogP contribution in [-0.2, 0) is 16.6 Å². The van der Waals surface area contributed by atoms with Gasteiger partial charge in [0.25, 0.3) is 5.91 Å². The van der Waals surface area contributed by atoms with Gasteiger partial charge in [0.05, 0.1) is 18.0 Å². The molecule has 2 aromatic heterocycles. The van der Waals surface area contributed by atoms with Crippen LogP contribution in [-0.4, -0.2) is 48.4 Å². The molecule has 0 aliphatic rings. The summed E-state index contributed by atoms with van der Waals surface area (Å²) in [6.45, 7) is 0.578. The van der Waals surface area contributed by atoms with Crippen molar-refractivity contribution in [1.82, 2.24) is 24.8 Å². The molecular weight excluding hydrogens is 342 g/mol. The van der Waals surface area contributed by atoms with E-state index >= 15 is 0 Å². The summed E-state index contributed by atoms with van der Waals surface area (Å²) in [7, 11) is -2.01. The number of aromatic amines is 1. The van der Waals surface area contributed by atoms with E-state index < -0.39 is 15.9 Å². The molecule has 1 aromatic carbocycles. The highest BCUT2D eigenvalue weighted by Crippen LogP contribution is 2.16. The van der Waals surface area contributed by atoms with Gasteiger partial charge in [-0.05, 0) is 30.6 Å². The van der Waals surface area contributed by atoms with E-state index in [0.29, 0.717) is 6.54 Å². The van der Waals surface area contributed by atoms with Crippen LogP contribution < -0.4 is 10.0 Å². The Labute approximate surface area is 145 Å².